The molecular formula is C15H14O6. The maximum absolute atomic E-state index is 12.1. The second-order valence-corrected chi connectivity index (χ2v) is 4.61. The summed E-state index contributed by atoms with van der Waals surface area (Å²) in [5.74, 6) is -2.41. The molecule has 0 aliphatic heterocycles. The van der Waals surface area contributed by atoms with Gasteiger partial charge in [0.25, 0.3) is 0 Å². The van der Waals surface area contributed by atoms with Gasteiger partial charge in [-0.15, -0.1) is 0 Å². The van der Waals surface area contributed by atoms with Gasteiger partial charge in [-0.25, -0.2) is 0 Å². The number of benzene rings is 2. The van der Waals surface area contributed by atoms with E-state index < -0.39 is 34.7 Å². The first-order chi connectivity index (χ1) is 9.88. The molecule has 0 unspecified atom stereocenters. The minimum absolute atomic E-state index is 0.0428. The fraction of sp³-hybridized carbons (Fsp3) is 0.133. The number of phenolic OH excluding ortho intramolecular Hbond substituents is 4. The van der Waals surface area contributed by atoms with Crippen molar-refractivity contribution < 1.29 is 30.3 Å². The molecule has 5 N–H and O–H groups in total. The molecule has 0 saturated heterocycles. The average Bonchev–Trinajstić information content (AvgIpc) is 2.40. The smallest absolute Gasteiger partial charge is 0.199 e. The van der Waals surface area contributed by atoms with Crippen LogP contribution < -0.4 is 0 Å². The minimum atomic E-state index is -1.48. The van der Waals surface area contributed by atoms with E-state index in [1.54, 1.807) is 12.1 Å². The number of aromatic hydroxyl groups is 4. The molecule has 2 aromatic carbocycles. The van der Waals surface area contributed by atoms with Crippen LogP contribution in [0.15, 0.2) is 36.4 Å². The fourth-order valence-corrected chi connectivity index (χ4v) is 1.96. The Bertz CT molecular complexity index is 639. The lowest BCUT2D eigenvalue weighted by Crippen LogP contribution is -2.23. The van der Waals surface area contributed by atoms with Crippen molar-refractivity contribution in [2.24, 2.45) is 0 Å². The van der Waals surface area contributed by atoms with E-state index in [2.05, 4.69) is 0 Å². The molecule has 21 heavy (non-hydrogen) atoms. The second-order valence-electron chi connectivity index (χ2n) is 4.61. The Balaban J connectivity index is 2.22. The number of carbonyl (C=O) groups is 1. The third-order valence-corrected chi connectivity index (χ3v) is 3.00. The first-order valence-electron chi connectivity index (χ1n) is 6.13. The van der Waals surface area contributed by atoms with Crippen LogP contribution in [0.3, 0.4) is 0 Å². The monoisotopic (exact) mass is 290 g/mol. The summed E-state index contributed by atoms with van der Waals surface area (Å²) < 4.78 is 0. The molecule has 0 saturated carbocycles. The molecular weight excluding hydrogens is 276 g/mol. The Kier molecular flexibility index (Phi) is 4.00. The van der Waals surface area contributed by atoms with Crippen LogP contribution in [0.4, 0.5) is 0 Å². The zero-order valence-corrected chi connectivity index (χ0v) is 10.9. The van der Waals surface area contributed by atoms with Gasteiger partial charge in [0.15, 0.2) is 5.78 Å². The van der Waals surface area contributed by atoms with Gasteiger partial charge in [-0.2, -0.15) is 0 Å². The maximum atomic E-state index is 12.1. The highest BCUT2D eigenvalue weighted by atomic mass is 16.3. The Morgan fingerprint density at radius 2 is 1.43 bits per heavy atom. The highest BCUT2D eigenvalue weighted by Gasteiger charge is 2.24. The number of phenols is 4. The number of rotatable bonds is 4. The third-order valence-electron chi connectivity index (χ3n) is 3.00. The lowest BCUT2D eigenvalue weighted by atomic mass is 9.98. The van der Waals surface area contributed by atoms with E-state index in [1.807, 2.05) is 0 Å². The van der Waals surface area contributed by atoms with Crippen LogP contribution in [-0.4, -0.2) is 37.4 Å². The largest absolute Gasteiger partial charge is 0.508 e. The van der Waals surface area contributed by atoms with Gasteiger partial charge in [0, 0.05) is 18.6 Å². The van der Waals surface area contributed by atoms with Crippen LogP contribution >= 0.6 is 0 Å². The van der Waals surface area contributed by atoms with Crippen molar-refractivity contribution in [1.82, 2.24) is 0 Å². The van der Waals surface area contributed by atoms with E-state index in [1.165, 1.54) is 12.1 Å². The van der Waals surface area contributed by atoms with Gasteiger partial charge >= 0.3 is 0 Å². The summed E-state index contributed by atoms with van der Waals surface area (Å²) in [6.45, 7) is 0. The summed E-state index contributed by atoms with van der Waals surface area (Å²) in [5.41, 5.74) is 0.158. The van der Waals surface area contributed by atoms with E-state index in [0.29, 0.717) is 5.56 Å². The van der Waals surface area contributed by atoms with Gasteiger partial charge in [0.05, 0.1) is 0 Å². The molecule has 0 bridgehead atoms. The van der Waals surface area contributed by atoms with Crippen molar-refractivity contribution >= 4 is 5.78 Å². The number of aliphatic hydroxyl groups is 1. The van der Waals surface area contributed by atoms with Crippen molar-refractivity contribution in [1.29, 1.82) is 0 Å². The second kappa shape index (κ2) is 5.72. The Labute approximate surface area is 120 Å². The zero-order valence-electron chi connectivity index (χ0n) is 10.9. The minimum Gasteiger partial charge on any atom is -0.508 e. The van der Waals surface area contributed by atoms with Gasteiger partial charge in [0.2, 0.25) is 0 Å². The van der Waals surface area contributed by atoms with Crippen molar-refractivity contribution in [2.45, 2.75) is 12.5 Å². The molecule has 110 valence electrons. The van der Waals surface area contributed by atoms with Crippen LogP contribution in [-0.2, 0) is 6.42 Å². The number of hydrogen-bond acceptors (Lipinski definition) is 6. The molecule has 0 fully saturated rings. The van der Waals surface area contributed by atoms with Crippen LogP contribution in [0.2, 0.25) is 0 Å². The molecule has 1 atom stereocenters. The van der Waals surface area contributed by atoms with Gasteiger partial charge in [0.1, 0.15) is 34.7 Å². The average molecular weight is 290 g/mol. The summed E-state index contributed by atoms with van der Waals surface area (Å²) in [5, 5.41) is 47.5. The molecule has 0 aliphatic carbocycles. The Hall–Kier alpha value is -2.73. The molecule has 2 rings (SSSR count). The molecule has 0 radical (unpaired) electrons. The molecule has 0 aromatic heterocycles. The van der Waals surface area contributed by atoms with Crippen molar-refractivity contribution in [2.75, 3.05) is 0 Å². The number of carbonyl (C=O) groups excluding carboxylic acids is 1. The predicted octanol–water partition coefficient (Wildman–Crippen LogP) is 1.30. The van der Waals surface area contributed by atoms with Gasteiger partial charge in [-0.3, -0.25) is 4.79 Å². The molecule has 0 aliphatic rings. The standard InChI is InChI=1S/C15H14O6/c16-9-3-1-8(2-4-9)5-13(20)15(21)14-11(18)6-10(17)7-12(14)19/h1-4,6-7,13,16-20H,5H2/t13-/m0/s1. The summed E-state index contributed by atoms with van der Waals surface area (Å²) in [7, 11) is 0. The third kappa shape index (κ3) is 3.24. The van der Waals surface area contributed by atoms with Crippen LogP contribution in [0, 0.1) is 0 Å². The lowest BCUT2D eigenvalue weighted by Gasteiger charge is -2.12. The van der Waals surface area contributed by atoms with E-state index in [0.717, 1.165) is 12.1 Å². The number of aliphatic hydroxyl groups excluding tert-OH is 1. The molecule has 6 nitrogen and oxygen atoms in total. The molecule has 0 spiro atoms. The summed E-state index contributed by atoms with van der Waals surface area (Å²) >= 11 is 0. The van der Waals surface area contributed by atoms with Crippen molar-refractivity contribution in [3.05, 3.63) is 47.5 Å². The van der Waals surface area contributed by atoms with Gasteiger partial charge < -0.3 is 25.5 Å². The molecule has 0 amide bonds. The van der Waals surface area contributed by atoms with E-state index in [-0.39, 0.29) is 12.2 Å². The molecule has 6 heteroatoms. The van der Waals surface area contributed by atoms with E-state index in [4.69, 9.17) is 5.11 Å². The molecule has 0 heterocycles. The normalized spacial score (nSPS) is 12.0. The first kappa shape index (κ1) is 14.7. The van der Waals surface area contributed by atoms with Crippen LogP contribution in [0.1, 0.15) is 15.9 Å². The van der Waals surface area contributed by atoms with Crippen LogP contribution in [0.25, 0.3) is 0 Å². The summed E-state index contributed by atoms with van der Waals surface area (Å²) in [4.78, 5) is 12.1. The number of ketones is 1. The SMILES string of the molecule is O=C(c1c(O)cc(O)cc1O)[C@@H](O)Cc1ccc(O)cc1. The lowest BCUT2D eigenvalue weighted by molar-refractivity contribution is 0.0742. The Morgan fingerprint density at radius 1 is 0.905 bits per heavy atom. The van der Waals surface area contributed by atoms with Crippen molar-refractivity contribution in [3.63, 3.8) is 0 Å². The molecule has 2 aromatic rings. The highest BCUT2D eigenvalue weighted by molar-refractivity contribution is 6.04. The summed E-state index contributed by atoms with van der Waals surface area (Å²) in [6.07, 6.45) is -1.52. The predicted molar refractivity (Wildman–Crippen MR) is 73.6 cm³/mol. The highest BCUT2D eigenvalue weighted by Crippen LogP contribution is 2.33. The summed E-state index contributed by atoms with van der Waals surface area (Å²) in [6, 6.07) is 7.73. The Morgan fingerprint density at radius 3 is 1.95 bits per heavy atom. The van der Waals surface area contributed by atoms with E-state index in [9.17, 15) is 25.2 Å². The fourth-order valence-electron chi connectivity index (χ4n) is 1.96. The number of Topliss-reactive ketones (excluding diaryl/α,β-unsaturated/α-hetero) is 1. The quantitative estimate of drug-likeness (QED) is 0.542. The topological polar surface area (TPSA) is 118 Å². The number of hydrogen-bond donors (Lipinski definition) is 5. The van der Waals surface area contributed by atoms with E-state index >= 15 is 0 Å². The van der Waals surface area contributed by atoms with Gasteiger partial charge in [-0.1, -0.05) is 12.1 Å². The maximum Gasteiger partial charge on any atom is 0.199 e. The van der Waals surface area contributed by atoms with Gasteiger partial charge in [-0.05, 0) is 17.7 Å². The zero-order chi connectivity index (χ0) is 15.6. The van der Waals surface area contributed by atoms with Crippen molar-refractivity contribution in [3.8, 4) is 23.0 Å². The first-order valence-corrected chi connectivity index (χ1v) is 6.13. The van der Waals surface area contributed by atoms with Crippen LogP contribution in [0.5, 0.6) is 23.0 Å².